The van der Waals surface area contributed by atoms with Crippen molar-refractivity contribution in [1.29, 1.82) is 0 Å². The minimum absolute atomic E-state index is 0.590. The minimum Gasteiger partial charge on any atom is -0.496 e. The van der Waals surface area contributed by atoms with Crippen LogP contribution in [0.25, 0.3) is 6.08 Å². The van der Waals surface area contributed by atoms with E-state index < -0.39 is 11.8 Å². The number of aliphatic carboxylic acids is 1. The highest BCUT2D eigenvalue weighted by atomic mass is 16.5. The van der Waals surface area contributed by atoms with Crippen LogP contribution in [0.5, 0.6) is 5.75 Å². The van der Waals surface area contributed by atoms with Crippen molar-refractivity contribution in [2.75, 3.05) is 7.11 Å². The molecule has 0 amide bonds. The molecule has 0 bridgehead atoms. The molecule has 78 valence electrons. The third-order valence-electron chi connectivity index (χ3n) is 1.76. The van der Waals surface area contributed by atoms with E-state index in [9.17, 15) is 9.59 Å². The molecule has 0 aromatic heterocycles. The Kier molecular flexibility index (Phi) is 3.62. The fraction of sp³-hybridized carbons (Fsp3) is 0.0909. The van der Waals surface area contributed by atoms with Gasteiger partial charge in [-0.05, 0) is 18.2 Å². The van der Waals surface area contributed by atoms with E-state index in [4.69, 9.17) is 9.84 Å². The van der Waals surface area contributed by atoms with E-state index in [0.29, 0.717) is 11.3 Å². The lowest BCUT2D eigenvalue weighted by atomic mass is 10.1. The van der Waals surface area contributed by atoms with Crippen LogP contribution in [0.1, 0.15) is 5.56 Å². The van der Waals surface area contributed by atoms with E-state index in [1.165, 1.54) is 13.2 Å². The Morgan fingerprint density at radius 2 is 2.00 bits per heavy atom. The highest BCUT2D eigenvalue weighted by Gasteiger charge is 2.06. The summed E-state index contributed by atoms with van der Waals surface area (Å²) in [6, 6.07) is 7.01. The van der Waals surface area contributed by atoms with Crippen LogP contribution < -0.4 is 4.74 Å². The Morgan fingerprint density at radius 3 is 2.60 bits per heavy atom. The van der Waals surface area contributed by atoms with Crippen LogP contribution in [0.3, 0.4) is 0 Å². The summed E-state index contributed by atoms with van der Waals surface area (Å²) in [7, 11) is 1.51. The first-order valence-electron chi connectivity index (χ1n) is 4.23. The van der Waals surface area contributed by atoms with Crippen molar-refractivity contribution in [3.05, 3.63) is 35.9 Å². The normalized spacial score (nSPS) is 10.2. The molecule has 0 aliphatic heterocycles. The Labute approximate surface area is 86.8 Å². The quantitative estimate of drug-likeness (QED) is 0.596. The first-order chi connectivity index (χ1) is 7.15. The topological polar surface area (TPSA) is 63.6 Å². The number of para-hydroxylation sites is 1. The van der Waals surface area contributed by atoms with Crippen LogP contribution in [-0.2, 0) is 9.59 Å². The van der Waals surface area contributed by atoms with Crippen molar-refractivity contribution < 1.29 is 19.4 Å². The van der Waals surface area contributed by atoms with Crippen molar-refractivity contribution in [2.24, 2.45) is 0 Å². The molecule has 1 N–H and O–H groups in total. The number of hydrogen-bond donors (Lipinski definition) is 1. The summed E-state index contributed by atoms with van der Waals surface area (Å²) in [6.45, 7) is 0. The summed E-state index contributed by atoms with van der Waals surface area (Å²) in [5.41, 5.74) is 0.662. The zero-order valence-corrected chi connectivity index (χ0v) is 8.14. The molecule has 0 heterocycles. The van der Waals surface area contributed by atoms with Gasteiger partial charge in [0.1, 0.15) is 5.75 Å². The second kappa shape index (κ2) is 4.95. The molecule has 4 heteroatoms. The average molecular weight is 206 g/mol. The van der Waals surface area contributed by atoms with Gasteiger partial charge in [-0.15, -0.1) is 0 Å². The molecule has 0 radical (unpaired) electrons. The smallest absolute Gasteiger partial charge is 0.376 e. The molecule has 0 saturated heterocycles. The number of rotatable bonds is 4. The summed E-state index contributed by atoms with van der Waals surface area (Å²) >= 11 is 0. The average Bonchev–Trinajstić information content (AvgIpc) is 2.26. The Morgan fingerprint density at radius 1 is 1.33 bits per heavy atom. The molecule has 15 heavy (non-hydrogen) atoms. The van der Waals surface area contributed by atoms with E-state index in [1.54, 1.807) is 24.3 Å². The van der Waals surface area contributed by atoms with Crippen molar-refractivity contribution in [3.8, 4) is 5.75 Å². The van der Waals surface area contributed by atoms with Crippen molar-refractivity contribution >= 4 is 17.8 Å². The molecule has 1 rings (SSSR count). The van der Waals surface area contributed by atoms with Crippen molar-refractivity contribution in [2.45, 2.75) is 0 Å². The van der Waals surface area contributed by atoms with Gasteiger partial charge in [0.05, 0.1) is 7.11 Å². The van der Waals surface area contributed by atoms with E-state index >= 15 is 0 Å². The molecule has 0 atom stereocenters. The summed E-state index contributed by atoms with van der Waals surface area (Å²) in [5, 5.41) is 8.35. The molecule has 0 aliphatic rings. The third kappa shape index (κ3) is 2.95. The monoisotopic (exact) mass is 206 g/mol. The summed E-state index contributed by atoms with van der Waals surface area (Å²) in [4.78, 5) is 21.0. The van der Waals surface area contributed by atoms with Gasteiger partial charge in [0.2, 0.25) is 0 Å². The van der Waals surface area contributed by atoms with Gasteiger partial charge in [0.15, 0.2) is 0 Å². The molecule has 0 aliphatic carbocycles. The van der Waals surface area contributed by atoms with Crippen LogP contribution >= 0.6 is 0 Å². The van der Waals surface area contributed by atoms with E-state index in [-0.39, 0.29) is 0 Å². The van der Waals surface area contributed by atoms with E-state index in [1.807, 2.05) is 0 Å². The van der Waals surface area contributed by atoms with Crippen LogP contribution in [0.15, 0.2) is 30.3 Å². The maximum Gasteiger partial charge on any atom is 0.376 e. The number of hydrogen-bond acceptors (Lipinski definition) is 3. The molecule has 4 nitrogen and oxygen atoms in total. The van der Waals surface area contributed by atoms with Gasteiger partial charge in [0.25, 0.3) is 5.78 Å². The Hall–Kier alpha value is -2.10. The lowest BCUT2D eigenvalue weighted by Gasteiger charge is -2.02. The molecule has 0 saturated carbocycles. The highest BCUT2D eigenvalue weighted by Crippen LogP contribution is 2.18. The third-order valence-corrected chi connectivity index (χ3v) is 1.76. The van der Waals surface area contributed by atoms with Crippen molar-refractivity contribution in [3.63, 3.8) is 0 Å². The van der Waals surface area contributed by atoms with Crippen molar-refractivity contribution in [1.82, 2.24) is 0 Å². The van der Waals surface area contributed by atoms with Crippen LogP contribution in [0.4, 0.5) is 0 Å². The molecule has 1 aromatic rings. The first kappa shape index (κ1) is 11.0. The summed E-state index contributed by atoms with van der Waals surface area (Å²) in [5.74, 6) is -1.84. The highest BCUT2D eigenvalue weighted by molar-refractivity contribution is 6.38. The molecular formula is C11H10O4. The van der Waals surface area contributed by atoms with E-state index in [0.717, 1.165) is 6.08 Å². The zero-order valence-electron chi connectivity index (χ0n) is 8.14. The number of benzene rings is 1. The van der Waals surface area contributed by atoms with E-state index in [2.05, 4.69) is 0 Å². The standard InChI is InChI=1S/C11H10O4/c1-15-10-5-3-2-4-8(10)6-7-9(12)11(13)14/h2-7H,1H3,(H,13,14)/b7-6-. The fourth-order valence-corrected chi connectivity index (χ4v) is 1.04. The second-order valence-corrected chi connectivity index (χ2v) is 2.74. The van der Waals surface area contributed by atoms with Gasteiger partial charge in [-0.25, -0.2) is 4.79 Å². The van der Waals surface area contributed by atoms with Crippen LogP contribution in [-0.4, -0.2) is 24.0 Å². The minimum atomic E-state index is -1.47. The number of carboxylic acids is 1. The maximum atomic E-state index is 10.8. The maximum absolute atomic E-state index is 10.8. The predicted molar refractivity (Wildman–Crippen MR) is 54.7 cm³/mol. The first-order valence-corrected chi connectivity index (χ1v) is 4.23. The van der Waals surface area contributed by atoms with Crippen LogP contribution in [0, 0.1) is 0 Å². The molecular weight excluding hydrogens is 196 g/mol. The van der Waals surface area contributed by atoms with Gasteiger partial charge in [-0.1, -0.05) is 18.2 Å². The number of ketones is 1. The van der Waals surface area contributed by atoms with Crippen LogP contribution in [0.2, 0.25) is 0 Å². The number of carbonyl (C=O) groups is 2. The largest absolute Gasteiger partial charge is 0.496 e. The molecule has 0 fully saturated rings. The lowest BCUT2D eigenvalue weighted by molar-refractivity contribution is -0.146. The SMILES string of the molecule is COc1ccccc1/C=C\C(=O)C(=O)O. The second-order valence-electron chi connectivity index (χ2n) is 2.74. The van der Waals surface area contributed by atoms with Gasteiger partial charge < -0.3 is 9.84 Å². The molecule has 1 aromatic carbocycles. The zero-order chi connectivity index (χ0) is 11.3. The molecule has 0 spiro atoms. The summed E-state index contributed by atoms with van der Waals surface area (Å²) in [6.07, 6.45) is 2.41. The number of carboxylic acid groups (broad SMARTS) is 1. The van der Waals surface area contributed by atoms with Gasteiger partial charge >= 0.3 is 5.97 Å². The fourth-order valence-electron chi connectivity index (χ4n) is 1.04. The van der Waals surface area contributed by atoms with Gasteiger partial charge in [-0.3, -0.25) is 4.79 Å². The summed E-state index contributed by atoms with van der Waals surface area (Å²) < 4.78 is 5.03. The van der Waals surface area contributed by atoms with Gasteiger partial charge in [0, 0.05) is 5.56 Å². The lowest BCUT2D eigenvalue weighted by Crippen LogP contribution is -2.08. The van der Waals surface area contributed by atoms with Gasteiger partial charge in [-0.2, -0.15) is 0 Å². The number of carbonyl (C=O) groups excluding carboxylic acids is 1. The molecule has 0 unspecified atom stereocenters. The number of methoxy groups -OCH3 is 1. The Bertz CT molecular complexity index is 407. The Balaban J connectivity index is 2.89. The number of ether oxygens (including phenoxy) is 1. The predicted octanol–water partition coefficient (Wildman–Crippen LogP) is 1.36.